The van der Waals surface area contributed by atoms with Gasteiger partial charge < -0.3 is 10.5 Å². The summed E-state index contributed by atoms with van der Waals surface area (Å²) >= 11 is 1.69. The molecule has 0 atom stereocenters. The van der Waals surface area contributed by atoms with E-state index in [9.17, 15) is 0 Å². The quantitative estimate of drug-likeness (QED) is 0.643. The van der Waals surface area contributed by atoms with Gasteiger partial charge in [-0.2, -0.15) is 5.26 Å². The number of hydrogen-bond donors (Lipinski definition) is 1. The predicted octanol–water partition coefficient (Wildman–Crippen LogP) is 3.31. The summed E-state index contributed by atoms with van der Waals surface area (Å²) in [6.45, 7) is 3.90. The van der Waals surface area contributed by atoms with E-state index in [0.717, 1.165) is 22.8 Å². The molecule has 0 bridgehead atoms. The fraction of sp³-hybridized carbons (Fsp3) is 0.462. The van der Waals surface area contributed by atoms with Crippen LogP contribution < -0.4 is 10.5 Å². The van der Waals surface area contributed by atoms with Crippen molar-refractivity contribution < 1.29 is 4.74 Å². The summed E-state index contributed by atoms with van der Waals surface area (Å²) in [4.78, 5) is 1.07. The van der Waals surface area contributed by atoms with Crippen LogP contribution in [-0.2, 0) is 0 Å². The summed E-state index contributed by atoms with van der Waals surface area (Å²) < 4.78 is 5.27. The fourth-order valence-corrected chi connectivity index (χ4v) is 2.56. The van der Waals surface area contributed by atoms with Crippen LogP contribution in [0, 0.1) is 16.7 Å². The first kappa shape index (κ1) is 13.7. The van der Waals surface area contributed by atoms with Crippen molar-refractivity contribution in [1.29, 1.82) is 5.26 Å². The molecule has 0 saturated carbocycles. The predicted molar refractivity (Wildman–Crippen MR) is 72.1 cm³/mol. The molecule has 1 aromatic carbocycles. The smallest absolute Gasteiger partial charge is 0.134 e. The molecule has 0 aromatic heterocycles. The molecule has 92 valence electrons. The summed E-state index contributed by atoms with van der Waals surface area (Å²) in [5, 5.41) is 8.93. The summed E-state index contributed by atoms with van der Waals surface area (Å²) in [7, 11) is 1.64. The topological polar surface area (TPSA) is 59.0 Å². The van der Waals surface area contributed by atoms with Crippen molar-refractivity contribution in [3.63, 3.8) is 0 Å². The standard InChI is InChI=1S/C13H18N2OS/c1-13(2,9-14)6-7-17-12-5-4-10(15)8-11(12)16-3/h4-5,8H,6-7,15H2,1-3H3. The maximum atomic E-state index is 8.93. The molecule has 1 aromatic rings. The van der Waals surface area contributed by atoms with E-state index in [0.29, 0.717) is 5.69 Å². The summed E-state index contributed by atoms with van der Waals surface area (Å²) in [5.41, 5.74) is 6.12. The number of ether oxygens (including phenoxy) is 1. The molecule has 0 saturated heterocycles. The van der Waals surface area contributed by atoms with E-state index in [-0.39, 0.29) is 5.41 Å². The average molecular weight is 250 g/mol. The molecule has 0 aliphatic heterocycles. The maximum Gasteiger partial charge on any atom is 0.134 e. The maximum absolute atomic E-state index is 8.93. The summed E-state index contributed by atoms with van der Waals surface area (Å²) in [6.07, 6.45) is 0.849. The largest absolute Gasteiger partial charge is 0.496 e. The zero-order valence-corrected chi connectivity index (χ0v) is 11.3. The minimum absolute atomic E-state index is 0.270. The first-order valence-corrected chi connectivity index (χ1v) is 6.44. The van der Waals surface area contributed by atoms with Crippen molar-refractivity contribution >= 4 is 17.4 Å². The zero-order valence-electron chi connectivity index (χ0n) is 10.5. The summed E-state index contributed by atoms with van der Waals surface area (Å²) in [6, 6.07) is 7.94. The molecule has 0 aliphatic rings. The number of anilines is 1. The number of rotatable bonds is 5. The Morgan fingerprint density at radius 3 is 2.76 bits per heavy atom. The lowest BCUT2D eigenvalue weighted by atomic mass is 9.93. The molecule has 1 rings (SSSR count). The highest BCUT2D eigenvalue weighted by molar-refractivity contribution is 7.99. The number of nitrogen functional groups attached to an aromatic ring is 1. The highest BCUT2D eigenvalue weighted by Crippen LogP contribution is 2.33. The van der Waals surface area contributed by atoms with E-state index in [2.05, 4.69) is 6.07 Å². The Morgan fingerprint density at radius 1 is 1.47 bits per heavy atom. The van der Waals surface area contributed by atoms with E-state index in [1.54, 1.807) is 18.9 Å². The van der Waals surface area contributed by atoms with Gasteiger partial charge in [0.05, 0.1) is 18.6 Å². The van der Waals surface area contributed by atoms with Crippen LogP contribution in [0.4, 0.5) is 5.69 Å². The van der Waals surface area contributed by atoms with Gasteiger partial charge in [0.1, 0.15) is 5.75 Å². The second-order valence-corrected chi connectivity index (χ2v) is 5.64. The third-order valence-electron chi connectivity index (χ3n) is 2.47. The van der Waals surface area contributed by atoms with Gasteiger partial charge in [-0.1, -0.05) is 0 Å². The molecular weight excluding hydrogens is 232 g/mol. The number of thioether (sulfide) groups is 1. The minimum atomic E-state index is -0.270. The minimum Gasteiger partial charge on any atom is -0.496 e. The molecule has 0 unspecified atom stereocenters. The van der Waals surface area contributed by atoms with Crippen LogP contribution in [0.1, 0.15) is 20.3 Å². The van der Waals surface area contributed by atoms with Gasteiger partial charge in [0.25, 0.3) is 0 Å². The third kappa shape index (κ3) is 4.20. The first-order valence-electron chi connectivity index (χ1n) is 5.46. The molecule has 0 fully saturated rings. The van der Waals surface area contributed by atoms with E-state index >= 15 is 0 Å². The van der Waals surface area contributed by atoms with Crippen molar-refractivity contribution in [2.24, 2.45) is 5.41 Å². The van der Waals surface area contributed by atoms with Crippen LogP contribution in [0.3, 0.4) is 0 Å². The second-order valence-electron chi connectivity index (χ2n) is 4.50. The number of nitrogens with two attached hydrogens (primary N) is 1. The Labute approximate surface area is 107 Å². The highest BCUT2D eigenvalue weighted by atomic mass is 32.2. The van der Waals surface area contributed by atoms with Gasteiger partial charge in [0, 0.05) is 16.6 Å². The lowest BCUT2D eigenvalue weighted by molar-refractivity contribution is 0.405. The van der Waals surface area contributed by atoms with Crippen molar-refractivity contribution in [2.75, 3.05) is 18.6 Å². The monoisotopic (exact) mass is 250 g/mol. The first-order chi connectivity index (χ1) is 7.98. The van der Waals surface area contributed by atoms with E-state index in [1.165, 1.54) is 0 Å². The van der Waals surface area contributed by atoms with Crippen LogP contribution >= 0.6 is 11.8 Å². The van der Waals surface area contributed by atoms with Crippen molar-refractivity contribution in [3.05, 3.63) is 18.2 Å². The normalized spacial score (nSPS) is 10.9. The van der Waals surface area contributed by atoms with Gasteiger partial charge in [-0.25, -0.2) is 0 Å². The van der Waals surface area contributed by atoms with Crippen LogP contribution in [0.25, 0.3) is 0 Å². The lowest BCUT2D eigenvalue weighted by Crippen LogP contribution is -2.08. The van der Waals surface area contributed by atoms with Crippen LogP contribution in [0.2, 0.25) is 0 Å². The van der Waals surface area contributed by atoms with Gasteiger partial charge in [-0.15, -0.1) is 11.8 Å². The van der Waals surface area contributed by atoms with Crippen molar-refractivity contribution in [3.8, 4) is 11.8 Å². The highest BCUT2D eigenvalue weighted by Gasteiger charge is 2.16. The number of hydrogen-bond acceptors (Lipinski definition) is 4. The van der Waals surface area contributed by atoms with E-state index in [4.69, 9.17) is 15.7 Å². The molecule has 0 heterocycles. The Morgan fingerprint density at radius 2 is 2.18 bits per heavy atom. The third-order valence-corrected chi connectivity index (χ3v) is 3.53. The molecule has 3 nitrogen and oxygen atoms in total. The molecule has 0 amide bonds. The molecular formula is C13H18N2OS. The number of nitrogens with zero attached hydrogens (tertiary/aromatic N) is 1. The fourth-order valence-electron chi connectivity index (χ4n) is 1.28. The number of benzene rings is 1. The van der Waals surface area contributed by atoms with Crippen molar-refractivity contribution in [1.82, 2.24) is 0 Å². The molecule has 4 heteroatoms. The molecule has 0 spiro atoms. The van der Waals surface area contributed by atoms with Gasteiger partial charge in [0.15, 0.2) is 0 Å². The number of methoxy groups -OCH3 is 1. The molecule has 2 N–H and O–H groups in total. The molecule has 0 aliphatic carbocycles. The van der Waals surface area contributed by atoms with Crippen LogP contribution in [0.15, 0.2) is 23.1 Å². The Bertz CT molecular complexity index is 424. The molecule has 17 heavy (non-hydrogen) atoms. The Kier molecular flexibility index (Phi) is 4.71. The van der Waals surface area contributed by atoms with Gasteiger partial charge >= 0.3 is 0 Å². The Hall–Kier alpha value is -1.34. The van der Waals surface area contributed by atoms with Gasteiger partial charge in [-0.3, -0.25) is 0 Å². The van der Waals surface area contributed by atoms with Crippen molar-refractivity contribution in [2.45, 2.75) is 25.2 Å². The second kappa shape index (κ2) is 5.83. The summed E-state index contributed by atoms with van der Waals surface area (Å²) in [5.74, 6) is 1.69. The van der Waals surface area contributed by atoms with Gasteiger partial charge in [-0.05, 0) is 38.2 Å². The molecule has 0 radical (unpaired) electrons. The van der Waals surface area contributed by atoms with Crippen LogP contribution in [0.5, 0.6) is 5.75 Å². The SMILES string of the molecule is COc1cc(N)ccc1SCCC(C)(C)C#N. The van der Waals surface area contributed by atoms with Crippen LogP contribution in [-0.4, -0.2) is 12.9 Å². The van der Waals surface area contributed by atoms with Gasteiger partial charge in [0.2, 0.25) is 0 Å². The lowest BCUT2D eigenvalue weighted by Gasteiger charge is -2.15. The van der Waals surface area contributed by atoms with E-state index in [1.807, 2.05) is 32.0 Å². The van der Waals surface area contributed by atoms with E-state index < -0.39 is 0 Å². The average Bonchev–Trinajstić information content (AvgIpc) is 2.30. The zero-order chi connectivity index (χ0) is 12.9. The number of nitriles is 1. The Balaban J connectivity index is 2.61.